The molecular weight excluding hydrogens is 251 g/mol. The Kier molecular flexibility index (Phi) is 3.68. The molecule has 0 aromatic heterocycles. The topological polar surface area (TPSA) is 24.7 Å². The third-order valence-electron chi connectivity index (χ3n) is 3.25. The van der Waals surface area contributed by atoms with Crippen molar-refractivity contribution in [1.29, 1.82) is 0 Å². The van der Waals surface area contributed by atoms with Crippen LogP contribution in [0.2, 0.25) is 0 Å². The van der Waals surface area contributed by atoms with Crippen molar-refractivity contribution < 1.29 is 4.39 Å². The van der Waals surface area contributed by atoms with Crippen molar-refractivity contribution in [2.45, 2.75) is 6.42 Å². The van der Waals surface area contributed by atoms with Crippen LogP contribution in [-0.2, 0) is 0 Å². The average Bonchev–Trinajstić information content (AvgIpc) is 2.75. The highest BCUT2D eigenvalue weighted by Gasteiger charge is 2.15. The molecule has 0 unspecified atom stereocenters. The number of rotatable bonds is 2. The maximum Gasteiger partial charge on any atom is 0.123 e. The molecular formula is C17H15FN2. The number of aliphatic imine (C=N–C) groups is 2. The van der Waals surface area contributed by atoms with Gasteiger partial charge in [-0.05, 0) is 30.7 Å². The van der Waals surface area contributed by atoms with Crippen molar-refractivity contribution in [3.8, 4) is 0 Å². The van der Waals surface area contributed by atoms with E-state index >= 15 is 0 Å². The molecule has 0 spiro atoms. The Labute approximate surface area is 117 Å². The molecule has 0 N–H and O–H groups in total. The number of benzene rings is 2. The molecule has 0 amide bonds. The monoisotopic (exact) mass is 266 g/mol. The van der Waals surface area contributed by atoms with E-state index in [4.69, 9.17) is 0 Å². The highest BCUT2D eigenvalue weighted by molar-refractivity contribution is 6.53. The first kappa shape index (κ1) is 12.7. The summed E-state index contributed by atoms with van der Waals surface area (Å²) in [4.78, 5) is 9.31. The van der Waals surface area contributed by atoms with E-state index in [2.05, 4.69) is 9.98 Å². The number of hydrogen-bond acceptors (Lipinski definition) is 2. The fourth-order valence-electron chi connectivity index (χ4n) is 2.26. The zero-order valence-electron chi connectivity index (χ0n) is 11.1. The molecule has 0 aliphatic carbocycles. The van der Waals surface area contributed by atoms with Gasteiger partial charge < -0.3 is 0 Å². The maximum atomic E-state index is 13.1. The van der Waals surface area contributed by atoms with E-state index < -0.39 is 0 Å². The van der Waals surface area contributed by atoms with Crippen LogP contribution >= 0.6 is 0 Å². The van der Waals surface area contributed by atoms with Gasteiger partial charge in [0.05, 0.1) is 11.4 Å². The van der Waals surface area contributed by atoms with E-state index in [9.17, 15) is 4.39 Å². The lowest BCUT2D eigenvalue weighted by Crippen LogP contribution is -2.17. The second-order valence-electron chi connectivity index (χ2n) is 4.69. The third kappa shape index (κ3) is 2.67. The Bertz CT molecular complexity index is 642. The summed E-state index contributed by atoms with van der Waals surface area (Å²) in [6, 6.07) is 16.5. The van der Waals surface area contributed by atoms with Crippen molar-refractivity contribution in [3.63, 3.8) is 0 Å². The summed E-state index contributed by atoms with van der Waals surface area (Å²) >= 11 is 0. The lowest BCUT2D eigenvalue weighted by Gasteiger charge is -2.09. The van der Waals surface area contributed by atoms with Crippen LogP contribution in [-0.4, -0.2) is 24.5 Å². The van der Waals surface area contributed by atoms with Crippen LogP contribution in [0.25, 0.3) is 0 Å². The Balaban J connectivity index is 2.06. The Hall–Kier alpha value is -2.29. The minimum Gasteiger partial charge on any atom is -0.282 e. The van der Waals surface area contributed by atoms with Crippen LogP contribution in [0.1, 0.15) is 17.5 Å². The van der Waals surface area contributed by atoms with Gasteiger partial charge in [0.1, 0.15) is 5.82 Å². The van der Waals surface area contributed by atoms with Gasteiger partial charge in [-0.15, -0.1) is 0 Å². The van der Waals surface area contributed by atoms with Crippen molar-refractivity contribution in [2.24, 2.45) is 9.98 Å². The molecule has 0 saturated carbocycles. The molecule has 2 nitrogen and oxygen atoms in total. The van der Waals surface area contributed by atoms with Gasteiger partial charge in [0.2, 0.25) is 0 Å². The predicted octanol–water partition coefficient (Wildman–Crippen LogP) is 3.51. The van der Waals surface area contributed by atoms with E-state index in [1.165, 1.54) is 12.1 Å². The zero-order chi connectivity index (χ0) is 13.8. The molecule has 1 aliphatic rings. The van der Waals surface area contributed by atoms with Gasteiger partial charge in [-0.3, -0.25) is 9.98 Å². The Morgan fingerprint density at radius 3 is 1.85 bits per heavy atom. The third-order valence-corrected chi connectivity index (χ3v) is 3.25. The summed E-state index contributed by atoms with van der Waals surface area (Å²) in [6.07, 6.45) is 0.945. The molecule has 3 heteroatoms. The number of hydrogen-bond donors (Lipinski definition) is 0. The van der Waals surface area contributed by atoms with E-state index in [1.54, 1.807) is 12.1 Å². The van der Waals surface area contributed by atoms with Crippen molar-refractivity contribution >= 4 is 11.4 Å². The first-order valence-electron chi connectivity index (χ1n) is 6.75. The summed E-state index contributed by atoms with van der Waals surface area (Å²) in [5, 5.41) is 0. The van der Waals surface area contributed by atoms with Crippen molar-refractivity contribution in [3.05, 3.63) is 71.5 Å². The summed E-state index contributed by atoms with van der Waals surface area (Å²) in [5.74, 6) is -0.235. The van der Waals surface area contributed by atoms with Crippen LogP contribution in [0.3, 0.4) is 0 Å². The lowest BCUT2D eigenvalue weighted by molar-refractivity contribution is 0.628. The van der Waals surface area contributed by atoms with E-state index in [0.29, 0.717) is 0 Å². The zero-order valence-corrected chi connectivity index (χ0v) is 11.1. The minimum absolute atomic E-state index is 0.235. The largest absolute Gasteiger partial charge is 0.282 e. The average molecular weight is 266 g/mol. The van der Waals surface area contributed by atoms with Gasteiger partial charge in [0.15, 0.2) is 0 Å². The molecule has 0 radical (unpaired) electrons. The number of nitrogens with zero attached hydrogens (tertiary/aromatic N) is 2. The molecule has 0 atom stereocenters. The molecule has 20 heavy (non-hydrogen) atoms. The Morgan fingerprint density at radius 1 is 0.700 bits per heavy atom. The molecule has 3 rings (SSSR count). The highest BCUT2D eigenvalue weighted by atomic mass is 19.1. The van der Waals surface area contributed by atoms with Crippen molar-refractivity contribution in [2.75, 3.05) is 13.1 Å². The number of halogens is 1. The summed E-state index contributed by atoms with van der Waals surface area (Å²) in [5.41, 5.74) is 3.72. The van der Waals surface area contributed by atoms with E-state index in [-0.39, 0.29) is 5.82 Å². The van der Waals surface area contributed by atoms with Crippen LogP contribution in [0.4, 0.5) is 4.39 Å². The molecule has 2 aromatic rings. The van der Waals surface area contributed by atoms with Gasteiger partial charge in [0.25, 0.3) is 0 Å². The minimum atomic E-state index is -0.235. The van der Waals surface area contributed by atoms with E-state index in [1.807, 2.05) is 30.3 Å². The van der Waals surface area contributed by atoms with Gasteiger partial charge in [0, 0.05) is 24.2 Å². The van der Waals surface area contributed by atoms with Crippen LogP contribution in [0, 0.1) is 5.82 Å². The van der Waals surface area contributed by atoms with Crippen LogP contribution in [0.15, 0.2) is 64.6 Å². The molecule has 1 aliphatic heterocycles. The van der Waals surface area contributed by atoms with Gasteiger partial charge in [-0.1, -0.05) is 30.3 Å². The van der Waals surface area contributed by atoms with Crippen LogP contribution < -0.4 is 0 Å². The summed E-state index contributed by atoms with van der Waals surface area (Å²) in [6.45, 7) is 1.53. The summed E-state index contributed by atoms with van der Waals surface area (Å²) < 4.78 is 13.1. The first-order valence-corrected chi connectivity index (χ1v) is 6.75. The molecule has 0 saturated heterocycles. The SMILES string of the molecule is Fc1ccc(C2=NCCCN=C2c2ccccc2)cc1. The first-order chi connectivity index (χ1) is 9.84. The van der Waals surface area contributed by atoms with Gasteiger partial charge in [-0.25, -0.2) is 4.39 Å². The van der Waals surface area contributed by atoms with Gasteiger partial charge in [-0.2, -0.15) is 0 Å². The lowest BCUT2D eigenvalue weighted by atomic mass is 9.99. The molecule has 0 fully saturated rings. The maximum absolute atomic E-state index is 13.1. The molecule has 100 valence electrons. The molecule has 1 heterocycles. The van der Waals surface area contributed by atoms with Gasteiger partial charge >= 0.3 is 0 Å². The molecule has 2 aromatic carbocycles. The fourth-order valence-corrected chi connectivity index (χ4v) is 2.26. The second-order valence-corrected chi connectivity index (χ2v) is 4.69. The smallest absolute Gasteiger partial charge is 0.123 e. The fraction of sp³-hybridized carbons (Fsp3) is 0.176. The predicted molar refractivity (Wildman–Crippen MR) is 80.3 cm³/mol. The van der Waals surface area contributed by atoms with Crippen LogP contribution in [0.5, 0.6) is 0 Å². The standard InChI is InChI=1S/C17H15FN2/c18-15-9-7-14(8-10-15)17-16(19-11-4-12-20-17)13-5-2-1-3-6-13/h1-3,5-10H,4,11-12H2. The normalized spacial score (nSPS) is 15.2. The van der Waals surface area contributed by atoms with Crippen molar-refractivity contribution in [1.82, 2.24) is 0 Å². The highest BCUT2D eigenvalue weighted by Crippen LogP contribution is 2.13. The Morgan fingerprint density at radius 2 is 1.25 bits per heavy atom. The quantitative estimate of drug-likeness (QED) is 0.794. The molecule has 0 bridgehead atoms. The van der Waals surface area contributed by atoms with E-state index in [0.717, 1.165) is 42.1 Å². The summed E-state index contributed by atoms with van der Waals surface area (Å²) in [7, 11) is 0. The second kappa shape index (κ2) is 5.78.